The fraction of sp³-hybridized carbons (Fsp3) is 0.500. The highest BCUT2D eigenvalue weighted by molar-refractivity contribution is 7.08. The number of nitrogens with one attached hydrogen (secondary N) is 1. The van der Waals surface area contributed by atoms with Crippen LogP contribution in [-0.2, 0) is 9.59 Å². The highest BCUT2D eigenvalue weighted by Crippen LogP contribution is 2.33. The molecular weight excluding hydrogens is 464 g/mol. The van der Waals surface area contributed by atoms with E-state index in [1.165, 1.54) is 17.8 Å². The molecule has 5 rings (SSSR count). The highest BCUT2D eigenvalue weighted by Gasteiger charge is 2.52. The number of nitrogens with zero attached hydrogens (tertiary/aromatic N) is 3. The number of carbonyl (C=O) groups excluding carboxylic acids is 4. The molecule has 0 aromatic carbocycles. The van der Waals surface area contributed by atoms with E-state index < -0.39 is 12.1 Å². The van der Waals surface area contributed by atoms with Crippen molar-refractivity contribution in [3.63, 3.8) is 0 Å². The Morgan fingerprint density at radius 3 is 2.63 bits per heavy atom. The Bertz CT molecular complexity index is 1080. The first kappa shape index (κ1) is 23.7. The number of aromatic nitrogens is 1. The van der Waals surface area contributed by atoms with E-state index in [1.807, 2.05) is 5.38 Å². The van der Waals surface area contributed by atoms with Crippen LogP contribution < -0.4 is 5.32 Å². The number of rotatable bonds is 6. The third-order valence-corrected chi connectivity index (χ3v) is 8.21. The molecule has 8 nitrogen and oxygen atoms in total. The fourth-order valence-corrected chi connectivity index (χ4v) is 6.42. The molecule has 184 valence electrons. The summed E-state index contributed by atoms with van der Waals surface area (Å²) in [5.41, 5.74) is 0.837. The molecule has 1 N–H and O–H groups in total. The van der Waals surface area contributed by atoms with Gasteiger partial charge < -0.3 is 15.1 Å². The lowest BCUT2D eigenvalue weighted by Crippen LogP contribution is -2.53. The van der Waals surface area contributed by atoms with Crippen molar-refractivity contribution < 1.29 is 19.2 Å². The largest absolute Gasteiger partial charge is 0.340 e. The minimum atomic E-state index is -0.683. The molecule has 2 aromatic rings. The monoisotopic (exact) mass is 494 g/mol. The normalized spacial score (nSPS) is 23.3. The third-order valence-electron chi connectivity index (χ3n) is 7.53. The molecule has 2 aliphatic heterocycles. The van der Waals surface area contributed by atoms with E-state index in [0.717, 1.165) is 25.7 Å². The Balaban J connectivity index is 1.33. The molecule has 1 saturated carbocycles. The van der Waals surface area contributed by atoms with E-state index in [0.29, 0.717) is 36.6 Å². The van der Waals surface area contributed by atoms with Gasteiger partial charge in [-0.3, -0.25) is 24.2 Å². The van der Waals surface area contributed by atoms with Gasteiger partial charge in [0.1, 0.15) is 17.8 Å². The van der Waals surface area contributed by atoms with Crippen LogP contribution in [0.15, 0.2) is 41.2 Å². The summed E-state index contributed by atoms with van der Waals surface area (Å²) >= 11 is 1.43. The number of ketones is 1. The second-order valence-corrected chi connectivity index (χ2v) is 10.5. The molecule has 3 atom stereocenters. The van der Waals surface area contributed by atoms with Crippen molar-refractivity contribution in [1.82, 2.24) is 20.1 Å². The van der Waals surface area contributed by atoms with Gasteiger partial charge in [0.05, 0.1) is 18.2 Å². The molecule has 3 unspecified atom stereocenters. The molecule has 9 heteroatoms. The van der Waals surface area contributed by atoms with Crippen LogP contribution in [0.2, 0.25) is 0 Å². The summed E-state index contributed by atoms with van der Waals surface area (Å²) in [6, 6.07) is 5.16. The summed E-state index contributed by atoms with van der Waals surface area (Å²) in [7, 11) is 0. The third kappa shape index (κ3) is 4.87. The first-order valence-corrected chi connectivity index (χ1v) is 13.4. The summed E-state index contributed by atoms with van der Waals surface area (Å²) in [5.74, 6) is -0.524. The number of Topliss-reactive ketones (excluding diaryl/α,β-unsaturated/α-hetero) is 1. The lowest BCUT2D eigenvalue weighted by atomic mass is 9.84. The number of hydrogen-bond acceptors (Lipinski definition) is 6. The first-order chi connectivity index (χ1) is 17.0. The zero-order valence-corrected chi connectivity index (χ0v) is 20.4. The van der Waals surface area contributed by atoms with E-state index in [1.54, 1.807) is 45.6 Å². The van der Waals surface area contributed by atoms with Crippen molar-refractivity contribution in [2.45, 2.75) is 63.1 Å². The van der Waals surface area contributed by atoms with Crippen molar-refractivity contribution in [3.8, 4) is 0 Å². The Morgan fingerprint density at radius 1 is 1.09 bits per heavy atom. The number of hydrogen-bond donors (Lipinski definition) is 1. The molecular formula is C26H30N4O4S. The Hall–Kier alpha value is -3.07. The Morgan fingerprint density at radius 2 is 1.91 bits per heavy atom. The quantitative estimate of drug-likeness (QED) is 0.666. The molecule has 3 amide bonds. The smallest absolute Gasteiger partial charge is 0.273 e. The molecule has 3 aliphatic rings. The number of thiophene rings is 1. The van der Waals surface area contributed by atoms with Crippen LogP contribution in [0.5, 0.6) is 0 Å². The van der Waals surface area contributed by atoms with Crippen molar-refractivity contribution >= 4 is 34.8 Å². The first-order valence-electron chi connectivity index (χ1n) is 12.4. The standard InChI is InChI=1S/C26H30N4O4S/c31-22-15-30(25(33)19-8-4-5-11-27-19)21-9-12-29(23(21)22)26(34)20(14-17-6-2-1-3-7-17)28-24(32)18-10-13-35-16-18/h4-5,8,10-11,13,16-17,20-21,23H,1-3,6-7,9,12,14-15H2,(H,28,32). The van der Waals surface area contributed by atoms with E-state index in [2.05, 4.69) is 10.3 Å². The van der Waals surface area contributed by atoms with Crippen LogP contribution in [0.25, 0.3) is 0 Å². The van der Waals surface area contributed by atoms with Gasteiger partial charge in [0.15, 0.2) is 5.78 Å². The molecule has 35 heavy (non-hydrogen) atoms. The maximum atomic E-state index is 13.8. The van der Waals surface area contributed by atoms with Crippen molar-refractivity contribution in [1.29, 1.82) is 0 Å². The van der Waals surface area contributed by atoms with Crippen LogP contribution in [0, 0.1) is 5.92 Å². The van der Waals surface area contributed by atoms with Crippen molar-refractivity contribution in [2.75, 3.05) is 13.1 Å². The number of amides is 3. The molecule has 0 radical (unpaired) electrons. The zero-order valence-electron chi connectivity index (χ0n) is 19.6. The molecule has 0 spiro atoms. The topological polar surface area (TPSA) is 99.7 Å². The minimum Gasteiger partial charge on any atom is -0.340 e. The fourth-order valence-electron chi connectivity index (χ4n) is 5.79. The van der Waals surface area contributed by atoms with Gasteiger partial charge in [-0.2, -0.15) is 11.3 Å². The second kappa shape index (κ2) is 10.3. The van der Waals surface area contributed by atoms with Crippen molar-refractivity contribution in [3.05, 3.63) is 52.5 Å². The lowest BCUT2D eigenvalue weighted by molar-refractivity contribution is -0.138. The summed E-state index contributed by atoms with van der Waals surface area (Å²) < 4.78 is 0. The predicted octanol–water partition coefficient (Wildman–Crippen LogP) is 2.91. The van der Waals surface area contributed by atoms with E-state index >= 15 is 0 Å². The summed E-state index contributed by atoms with van der Waals surface area (Å²) in [5, 5.41) is 6.58. The average molecular weight is 495 g/mol. The van der Waals surface area contributed by atoms with E-state index in [9.17, 15) is 19.2 Å². The Kier molecular flexibility index (Phi) is 6.95. The molecule has 0 bridgehead atoms. The van der Waals surface area contributed by atoms with Gasteiger partial charge in [0.25, 0.3) is 11.8 Å². The van der Waals surface area contributed by atoms with Crippen LogP contribution in [0.4, 0.5) is 0 Å². The minimum absolute atomic E-state index is 0.0247. The van der Waals surface area contributed by atoms with Crippen LogP contribution >= 0.6 is 11.3 Å². The van der Waals surface area contributed by atoms with Crippen molar-refractivity contribution in [2.24, 2.45) is 5.92 Å². The van der Waals surface area contributed by atoms with Crippen LogP contribution in [0.3, 0.4) is 0 Å². The van der Waals surface area contributed by atoms with Gasteiger partial charge in [0, 0.05) is 18.1 Å². The maximum absolute atomic E-state index is 13.8. The molecule has 2 saturated heterocycles. The number of carbonyl (C=O) groups is 4. The zero-order chi connectivity index (χ0) is 24.4. The highest BCUT2D eigenvalue weighted by atomic mass is 32.1. The van der Waals surface area contributed by atoms with Gasteiger partial charge in [-0.15, -0.1) is 0 Å². The second-order valence-electron chi connectivity index (χ2n) is 9.72. The summed E-state index contributed by atoms with van der Waals surface area (Å²) in [6.45, 7) is 0.366. The van der Waals surface area contributed by atoms with Gasteiger partial charge in [-0.05, 0) is 42.3 Å². The average Bonchev–Trinajstić information content (AvgIpc) is 3.63. The van der Waals surface area contributed by atoms with Gasteiger partial charge in [-0.25, -0.2) is 0 Å². The summed E-state index contributed by atoms with van der Waals surface area (Å²) in [6.07, 6.45) is 8.26. The van der Waals surface area contributed by atoms with E-state index in [-0.39, 0.29) is 36.1 Å². The van der Waals surface area contributed by atoms with Crippen LogP contribution in [0.1, 0.15) is 65.8 Å². The van der Waals surface area contributed by atoms with E-state index in [4.69, 9.17) is 0 Å². The predicted molar refractivity (Wildman–Crippen MR) is 131 cm³/mol. The SMILES string of the molecule is O=C(NC(CC1CCCCC1)C(=O)N1CCC2C1C(=O)CN2C(=O)c1ccccn1)c1ccsc1. The van der Waals surface area contributed by atoms with Gasteiger partial charge >= 0.3 is 0 Å². The molecule has 1 aliphatic carbocycles. The molecule has 4 heterocycles. The number of likely N-dealkylation sites (tertiary alicyclic amines) is 2. The Labute approximate surface area is 208 Å². The summed E-state index contributed by atoms with van der Waals surface area (Å²) in [4.78, 5) is 60.1. The molecule has 2 aromatic heterocycles. The molecule has 3 fully saturated rings. The lowest BCUT2D eigenvalue weighted by Gasteiger charge is -2.31. The number of fused-ring (bicyclic) bond motifs is 1. The maximum Gasteiger partial charge on any atom is 0.273 e. The van der Waals surface area contributed by atoms with Gasteiger partial charge in [0.2, 0.25) is 5.91 Å². The number of pyridine rings is 1. The van der Waals surface area contributed by atoms with Crippen LogP contribution in [-0.4, -0.2) is 69.5 Å². The van der Waals surface area contributed by atoms with Gasteiger partial charge in [-0.1, -0.05) is 38.2 Å².